The van der Waals surface area contributed by atoms with Gasteiger partial charge in [0.2, 0.25) is 0 Å². The quantitative estimate of drug-likeness (QED) is 0.789. The second kappa shape index (κ2) is 5.85. The second-order valence-corrected chi connectivity index (χ2v) is 4.53. The highest BCUT2D eigenvalue weighted by Crippen LogP contribution is 2.17. The molecule has 19 heavy (non-hydrogen) atoms. The topological polar surface area (TPSA) is 26.3 Å². The van der Waals surface area contributed by atoms with Crippen molar-refractivity contribution in [1.29, 1.82) is 0 Å². The molecule has 0 aliphatic heterocycles. The van der Waals surface area contributed by atoms with Crippen molar-refractivity contribution in [2.24, 2.45) is 0 Å². The minimum Gasteiger partial charge on any atom is -0.457 e. The normalized spacial score (nSPS) is 10.3. The maximum Gasteiger partial charge on any atom is 0.338 e. The summed E-state index contributed by atoms with van der Waals surface area (Å²) in [5.74, 6) is -0.863. The van der Waals surface area contributed by atoms with E-state index in [1.165, 1.54) is 18.2 Å². The molecule has 2 nitrogen and oxygen atoms in total. The molecule has 0 radical (unpaired) electrons. The molecular weight excluding hydrogens is 267 g/mol. The summed E-state index contributed by atoms with van der Waals surface area (Å²) in [6.45, 7) is 1.75. The van der Waals surface area contributed by atoms with Crippen LogP contribution in [0.2, 0.25) is 5.02 Å². The molecular formula is C15H12ClFO2. The van der Waals surface area contributed by atoms with Gasteiger partial charge in [-0.15, -0.1) is 0 Å². The van der Waals surface area contributed by atoms with E-state index < -0.39 is 5.97 Å². The molecule has 2 aromatic rings. The van der Waals surface area contributed by atoms with Gasteiger partial charge < -0.3 is 4.74 Å². The Kier molecular flexibility index (Phi) is 4.17. The first-order chi connectivity index (χ1) is 9.08. The van der Waals surface area contributed by atoms with Crippen molar-refractivity contribution in [1.82, 2.24) is 0 Å². The first-order valence-electron chi connectivity index (χ1n) is 5.74. The van der Waals surface area contributed by atoms with Gasteiger partial charge in [0.1, 0.15) is 12.4 Å². The number of hydrogen-bond acceptors (Lipinski definition) is 2. The van der Waals surface area contributed by atoms with Crippen LogP contribution in [0.5, 0.6) is 0 Å². The molecule has 0 unspecified atom stereocenters. The van der Waals surface area contributed by atoms with E-state index in [9.17, 15) is 9.18 Å². The van der Waals surface area contributed by atoms with Gasteiger partial charge in [-0.3, -0.25) is 0 Å². The van der Waals surface area contributed by atoms with E-state index in [1.54, 1.807) is 25.1 Å². The molecule has 0 aliphatic rings. The number of hydrogen-bond donors (Lipinski definition) is 0. The van der Waals surface area contributed by atoms with E-state index in [4.69, 9.17) is 16.3 Å². The predicted octanol–water partition coefficient (Wildman–Crippen LogP) is 4.14. The van der Waals surface area contributed by atoms with Crippen molar-refractivity contribution in [3.63, 3.8) is 0 Å². The fourth-order valence-corrected chi connectivity index (χ4v) is 1.88. The van der Waals surface area contributed by atoms with E-state index >= 15 is 0 Å². The second-order valence-electron chi connectivity index (χ2n) is 4.13. The van der Waals surface area contributed by atoms with Crippen LogP contribution < -0.4 is 0 Å². The van der Waals surface area contributed by atoms with Crippen molar-refractivity contribution >= 4 is 17.6 Å². The predicted molar refractivity (Wildman–Crippen MR) is 71.7 cm³/mol. The molecule has 0 saturated carbocycles. The summed E-state index contributed by atoms with van der Waals surface area (Å²) in [5.41, 5.74) is 1.63. The summed E-state index contributed by atoms with van der Waals surface area (Å²) in [4.78, 5) is 11.9. The molecule has 0 amide bonds. The lowest BCUT2D eigenvalue weighted by Crippen LogP contribution is -2.07. The Morgan fingerprint density at radius 3 is 2.68 bits per heavy atom. The summed E-state index contributed by atoms with van der Waals surface area (Å²) in [7, 11) is 0. The Balaban J connectivity index is 2.08. The fourth-order valence-electron chi connectivity index (χ4n) is 1.69. The number of carbonyl (C=O) groups is 1. The Morgan fingerprint density at radius 2 is 2.00 bits per heavy atom. The lowest BCUT2D eigenvalue weighted by Gasteiger charge is -2.08. The molecule has 0 N–H and O–H groups in total. The third kappa shape index (κ3) is 3.32. The number of ether oxygens (including phenoxy) is 1. The lowest BCUT2D eigenvalue weighted by atomic mass is 10.1. The van der Waals surface area contributed by atoms with Gasteiger partial charge in [-0.1, -0.05) is 29.8 Å². The molecule has 98 valence electrons. The smallest absolute Gasteiger partial charge is 0.338 e. The first-order valence-corrected chi connectivity index (χ1v) is 6.12. The first kappa shape index (κ1) is 13.6. The van der Waals surface area contributed by atoms with Gasteiger partial charge >= 0.3 is 5.97 Å². The van der Waals surface area contributed by atoms with Gasteiger partial charge in [0, 0.05) is 10.6 Å². The fraction of sp³-hybridized carbons (Fsp3) is 0.133. The maximum absolute atomic E-state index is 12.9. The van der Waals surface area contributed by atoms with Crippen LogP contribution in [0.4, 0.5) is 4.39 Å². The van der Waals surface area contributed by atoms with Crippen LogP contribution in [-0.2, 0) is 11.3 Å². The summed E-state index contributed by atoms with van der Waals surface area (Å²) in [5, 5.41) is 0.547. The molecule has 2 aromatic carbocycles. The summed E-state index contributed by atoms with van der Waals surface area (Å²) >= 11 is 5.96. The van der Waals surface area contributed by atoms with Gasteiger partial charge in [-0.25, -0.2) is 9.18 Å². The third-order valence-corrected chi connectivity index (χ3v) is 3.09. The molecule has 4 heteroatoms. The third-order valence-electron chi connectivity index (χ3n) is 2.72. The lowest BCUT2D eigenvalue weighted by molar-refractivity contribution is 0.0472. The van der Waals surface area contributed by atoms with Gasteiger partial charge in [0.25, 0.3) is 0 Å². The van der Waals surface area contributed by atoms with Crippen molar-refractivity contribution in [2.45, 2.75) is 13.5 Å². The zero-order valence-electron chi connectivity index (χ0n) is 10.3. The van der Waals surface area contributed by atoms with Crippen LogP contribution in [0.15, 0.2) is 42.5 Å². The maximum atomic E-state index is 12.9. The number of halogens is 2. The largest absolute Gasteiger partial charge is 0.457 e. The monoisotopic (exact) mass is 278 g/mol. The summed E-state index contributed by atoms with van der Waals surface area (Å²) in [6, 6.07) is 11.1. The molecule has 0 heterocycles. The van der Waals surface area contributed by atoms with Crippen molar-refractivity contribution in [2.75, 3.05) is 0 Å². The van der Waals surface area contributed by atoms with E-state index in [-0.39, 0.29) is 12.4 Å². The van der Waals surface area contributed by atoms with Crippen LogP contribution in [-0.4, -0.2) is 5.97 Å². The standard InChI is InChI=1S/C15H12ClFO2/c1-10-8-12(17)6-7-13(10)15(18)19-9-11-4-2-3-5-14(11)16/h2-8H,9H2,1H3. The molecule has 0 atom stereocenters. The van der Waals surface area contributed by atoms with Crippen LogP contribution in [0.3, 0.4) is 0 Å². The molecule has 0 aromatic heterocycles. The Hall–Kier alpha value is -1.87. The molecule has 0 fully saturated rings. The summed E-state index contributed by atoms with van der Waals surface area (Å²) < 4.78 is 18.1. The zero-order chi connectivity index (χ0) is 13.8. The van der Waals surface area contributed by atoms with E-state index in [1.807, 2.05) is 6.07 Å². The number of benzene rings is 2. The van der Waals surface area contributed by atoms with E-state index in [0.717, 1.165) is 5.56 Å². The van der Waals surface area contributed by atoms with Crippen LogP contribution in [0.25, 0.3) is 0 Å². The Labute approximate surface area is 115 Å². The Bertz CT molecular complexity index is 611. The number of aryl methyl sites for hydroxylation is 1. The van der Waals surface area contributed by atoms with Crippen molar-refractivity contribution < 1.29 is 13.9 Å². The van der Waals surface area contributed by atoms with Crippen LogP contribution in [0, 0.1) is 12.7 Å². The van der Waals surface area contributed by atoms with Crippen LogP contribution >= 0.6 is 11.6 Å². The van der Waals surface area contributed by atoms with Crippen molar-refractivity contribution in [3.8, 4) is 0 Å². The highest BCUT2D eigenvalue weighted by atomic mass is 35.5. The van der Waals surface area contributed by atoms with Gasteiger partial charge in [0.05, 0.1) is 5.56 Å². The molecule has 0 bridgehead atoms. The van der Waals surface area contributed by atoms with Gasteiger partial charge in [-0.05, 0) is 36.8 Å². The Morgan fingerprint density at radius 1 is 1.26 bits per heavy atom. The number of esters is 1. The number of carbonyl (C=O) groups excluding carboxylic acids is 1. The average Bonchev–Trinajstić information content (AvgIpc) is 2.37. The highest BCUT2D eigenvalue weighted by molar-refractivity contribution is 6.31. The van der Waals surface area contributed by atoms with Gasteiger partial charge in [-0.2, -0.15) is 0 Å². The zero-order valence-corrected chi connectivity index (χ0v) is 11.1. The highest BCUT2D eigenvalue weighted by Gasteiger charge is 2.11. The summed E-state index contributed by atoms with van der Waals surface area (Å²) in [6.07, 6.45) is 0. The van der Waals surface area contributed by atoms with Gasteiger partial charge in [0.15, 0.2) is 0 Å². The number of rotatable bonds is 3. The molecule has 0 spiro atoms. The van der Waals surface area contributed by atoms with E-state index in [0.29, 0.717) is 16.1 Å². The minimum absolute atomic E-state index is 0.0926. The average molecular weight is 279 g/mol. The molecule has 2 rings (SSSR count). The molecule has 0 saturated heterocycles. The minimum atomic E-state index is -0.489. The molecule has 0 aliphatic carbocycles. The van der Waals surface area contributed by atoms with Crippen LogP contribution in [0.1, 0.15) is 21.5 Å². The SMILES string of the molecule is Cc1cc(F)ccc1C(=O)OCc1ccccc1Cl. The van der Waals surface area contributed by atoms with E-state index in [2.05, 4.69) is 0 Å². The van der Waals surface area contributed by atoms with Crippen molar-refractivity contribution in [3.05, 3.63) is 70.0 Å².